The highest BCUT2D eigenvalue weighted by molar-refractivity contribution is 5.83. The fourth-order valence-corrected chi connectivity index (χ4v) is 5.59. The third-order valence-electron chi connectivity index (χ3n) is 7.31. The summed E-state index contributed by atoms with van der Waals surface area (Å²) in [6, 6.07) is 0. The number of hydrogen-bond acceptors (Lipinski definition) is 2. The van der Waals surface area contributed by atoms with Crippen LogP contribution in [0.5, 0.6) is 0 Å². The maximum Gasteiger partial charge on any atom is 0.135 e. The van der Waals surface area contributed by atoms with Gasteiger partial charge in [-0.15, -0.1) is 0 Å². The molecule has 2 nitrogen and oxygen atoms in total. The average molecular weight is 333 g/mol. The molecule has 0 spiro atoms. The SMILES string of the molecule is CC1CCC(C(=O)CCCC(=O)C2CCC3CCCCC3C2)CC1. The predicted molar refractivity (Wildman–Crippen MR) is 97.8 cm³/mol. The van der Waals surface area contributed by atoms with Crippen molar-refractivity contribution in [2.45, 2.75) is 96.8 Å². The maximum absolute atomic E-state index is 12.6. The van der Waals surface area contributed by atoms with Gasteiger partial charge in [-0.2, -0.15) is 0 Å². The number of ketones is 2. The summed E-state index contributed by atoms with van der Waals surface area (Å²) in [6.45, 7) is 2.29. The van der Waals surface area contributed by atoms with E-state index in [2.05, 4.69) is 6.92 Å². The van der Waals surface area contributed by atoms with Crippen LogP contribution in [0.25, 0.3) is 0 Å². The molecule has 0 N–H and O–H groups in total. The molecule has 0 heterocycles. The zero-order chi connectivity index (χ0) is 16.9. The topological polar surface area (TPSA) is 34.1 Å². The number of hydrogen-bond donors (Lipinski definition) is 0. The Balaban J connectivity index is 1.36. The van der Waals surface area contributed by atoms with E-state index in [-0.39, 0.29) is 0 Å². The summed E-state index contributed by atoms with van der Waals surface area (Å²) < 4.78 is 0. The lowest BCUT2D eigenvalue weighted by Crippen LogP contribution is -2.31. The van der Waals surface area contributed by atoms with Gasteiger partial charge in [0.2, 0.25) is 0 Å². The first-order chi connectivity index (χ1) is 11.6. The summed E-state index contributed by atoms with van der Waals surface area (Å²) in [7, 11) is 0. The fraction of sp³-hybridized carbons (Fsp3) is 0.909. The minimum absolute atomic E-state index is 0.300. The Kier molecular flexibility index (Phi) is 6.52. The van der Waals surface area contributed by atoms with E-state index in [4.69, 9.17) is 0 Å². The van der Waals surface area contributed by atoms with Crippen LogP contribution in [0, 0.1) is 29.6 Å². The van der Waals surface area contributed by atoms with Crippen molar-refractivity contribution in [1.29, 1.82) is 0 Å². The van der Waals surface area contributed by atoms with Crippen molar-refractivity contribution in [2.75, 3.05) is 0 Å². The second kappa shape index (κ2) is 8.63. The van der Waals surface area contributed by atoms with Crippen LogP contribution in [0.1, 0.15) is 96.8 Å². The molecular weight excluding hydrogens is 296 g/mol. The molecule has 3 rings (SSSR count). The average Bonchev–Trinajstić information content (AvgIpc) is 2.61. The van der Waals surface area contributed by atoms with Crippen molar-refractivity contribution in [2.24, 2.45) is 29.6 Å². The predicted octanol–water partition coefficient (Wildman–Crippen LogP) is 5.73. The molecule has 0 aromatic rings. The molecule has 3 fully saturated rings. The van der Waals surface area contributed by atoms with Crippen LogP contribution in [0.15, 0.2) is 0 Å². The lowest BCUT2D eigenvalue weighted by Gasteiger charge is -2.38. The smallest absolute Gasteiger partial charge is 0.135 e. The molecule has 0 bridgehead atoms. The van der Waals surface area contributed by atoms with E-state index < -0.39 is 0 Å². The van der Waals surface area contributed by atoms with Crippen LogP contribution in [0.3, 0.4) is 0 Å². The van der Waals surface area contributed by atoms with Gasteiger partial charge in [0.25, 0.3) is 0 Å². The number of Topliss-reactive ketones (excluding diaryl/α,β-unsaturated/α-hetero) is 2. The molecule has 0 amide bonds. The molecule has 24 heavy (non-hydrogen) atoms. The minimum Gasteiger partial charge on any atom is -0.299 e. The van der Waals surface area contributed by atoms with E-state index in [1.54, 1.807) is 0 Å². The highest BCUT2D eigenvalue weighted by Gasteiger charge is 2.34. The van der Waals surface area contributed by atoms with Gasteiger partial charge in [0.15, 0.2) is 0 Å². The van der Waals surface area contributed by atoms with Gasteiger partial charge in [-0.05, 0) is 56.3 Å². The molecule has 0 aliphatic heterocycles. The molecular formula is C22H36O2. The summed E-state index contributed by atoms with van der Waals surface area (Å²) in [5.74, 6) is 4.05. The zero-order valence-electron chi connectivity index (χ0n) is 15.6. The normalized spacial score (nSPS) is 36.8. The standard InChI is InChI=1S/C22H36O2/c1-16-9-11-18(12-10-16)21(23)7-4-8-22(24)20-14-13-17-5-2-3-6-19(17)15-20/h16-20H,2-15H2,1H3. The van der Waals surface area contributed by atoms with E-state index in [1.807, 2.05) is 0 Å². The Morgan fingerprint density at radius 2 is 1.29 bits per heavy atom. The van der Waals surface area contributed by atoms with E-state index in [0.29, 0.717) is 36.2 Å². The lowest BCUT2D eigenvalue weighted by atomic mass is 9.66. The van der Waals surface area contributed by atoms with Gasteiger partial charge in [-0.3, -0.25) is 9.59 Å². The Labute approximate surface area is 148 Å². The van der Waals surface area contributed by atoms with Crippen molar-refractivity contribution in [3.63, 3.8) is 0 Å². The Bertz CT molecular complexity index is 433. The highest BCUT2D eigenvalue weighted by atomic mass is 16.1. The van der Waals surface area contributed by atoms with Crippen molar-refractivity contribution in [1.82, 2.24) is 0 Å². The van der Waals surface area contributed by atoms with Gasteiger partial charge in [0.05, 0.1) is 0 Å². The number of carbonyl (C=O) groups is 2. The Hall–Kier alpha value is -0.660. The van der Waals surface area contributed by atoms with Gasteiger partial charge >= 0.3 is 0 Å². The van der Waals surface area contributed by atoms with Crippen LogP contribution in [0.4, 0.5) is 0 Å². The van der Waals surface area contributed by atoms with Gasteiger partial charge in [-0.25, -0.2) is 0 Å². The van der Waals surface area contributed by atoms with E-state index in [9.17, 15) is 9.59 Å². The van der Waals surface area contributed by atoms with Crippen LogP contribution in [-0.4, -0.2) is 11.6 Å². The molecule has 3 aliphatic carbocycles. The summed E-state index contributed by atoms with van der Waals surface area (Å²) in [5.41, 5.74) is 0. The molecule has 0 saturated heterocycles. The molecule has 3 atom stereocenters. The monoisotopic (exact) mass is 332 g/mol. The lowest BCUT2D eigenvalue weighted by molar-refractivity contribution is -0.126. The van der Waals surface area contributed by atoms with Crippen molar-refractivity contribution < 1.29 is 9.59 Å². The minimum atomic E-state index is 0.300. The van der Waals surface area contributed by atoms with Gasteiger partial charge in [0.1, 0.15) is 11.6 Å². The van der Waals surface area contributed by atoms with E-state index in [1.165, 1.54) is 44.9 Å². The molecule has 0 aromatic heterocycles. The van der Waals surface area contributed by atoms with Gasteiger partial charge < -0.3 is 0 Å². The first-order valence-corrected chi connectivity index (χ1v) is 10.7. The quantitative estimate of drug-likeness (QED) is 0.622. The zero-order valence-corrected chi connectivity index (χ0v) is 15.6. The largest absolute Gasteiger partial charge is 0.299 e. The molecule has 3 aliphatic rings. The molecule has 2 heteroatoms. The first kappa shape index (κ1) is 18.1. The van der Waals surface area contributed by atoms with Crippen LogP contribution in [-0.2, 0) is 9.59 Å². The molecule has 0 radical (unpaired) electrons. The van der Waals surface area contributed by atoms with Gasteiger partial charge in [-0.1, -0.05) is 45.4 Å². The Morgan fingerprint density at radius 1 is 0.708 bits per heavy atom. The molecule has 0 aromatic carbocycles. The first-order valence-electron chi connectivity index (χ1n) is 10.7. The second-order valence-electron chi connectivity index (χ2n) is 9.06. The molecule has 3 saturated carbocycles. The van der Waals surface area contributed by atoms with Crippen LogP contribution in [0.2, 0.25) is 0 Å². The number of rotatable bonds is 6. The number of fused-ring (bicyclic) bond motifs is 1. The van der Waals surface area contributed by atoms with Gasteiger partial charge in [0, 0.05) is 24.7 Å². The second-order valence-corrected chi connectivity index (χ2v) is 9.06. The summed E-state index contributed by atoms with van der Waals surface area (Å²) in [4.78, 5) is 24.9. The van der Waals surface area contributed by atoms with Crippen LogP contribution < -0.4 is 0 Å². The van der Waals surface area contributed by atoms with Crippen molar-refractivity contribution >= 4 is 11.6 Å². The highest BCUT2D eigenvalue weighted by Crippen LogP contribution is 2.43. The summed E-state index contributed by atoms with van der Waals surface area (Å²) >= 11 is 0. The molecule has 136 valence electrons. The Morgan fingerprint density at radius 3 is 2.00 bits per heavy atom. The maximum atomic E-state index is 12.6. The third kappa shape index (κ3) is 4.70. The van der Waals surface area contributed by atoms with E-state index >= 15 is 0 Å². The summed E-state index contributed by atoms with van der Waals surface area (Å²) in [5, 5.41) is 0. The van der Waals surface area contributed by atoms with E-state index in [0.717, 1.165) is 49.9 Å². The third-order valence-corrected chi connectivity index (χ3v) is 7.31. The fourth-order valence-electron chi connectivity index (χ4n) is 5.59. The van der Waals surface area contributed by atoms with Crippen LogP contribution >= 0.6 is 0 Å². The van der Waals surface area contributed by atoms with Crippen molar-refractivity contribution in [3.05, 3.63) is 0 Å². The summed E-state index contributed by atoms with van der Waals surface area (Å²) in [6.07, 6.45) is 15.8. The molecule has 3 unspecified atom stereocenters. The number of carbonyl (C=O) groups excluding carboxylic acids is 2. The van der Waals surface area contributed by atoms with Crippen molar-refractivity contribution in [3.8, 4) is 0 Å².